The van der Waals surface area contributed by atoms with Crippen LogP contribution in [-0.4, -0.2) is 12.5 Å². The molecule has 0 aromatic heterocycles. The Bertz CT molecular complexity index is 696. The van der Waals surface area contributed by atoms with E-state index >= 15 is 0 Å². The van der Waals surface area contributed by atoms with E-state index in [1.807, 2.05) is 6.07 Å². The second-order valence-corrected chi connectivity index (χ2v) is 4.97. The van der Waals surface area contributed by atoms with Gasteiger partial charge >= 0.3 is 0 Å². The molecule has 0 bridgehead atoms. The molecule has 0 radical (unpaired) electrons. The number of halogens is 2. The van der Waals surface area contributed by atoms with Crippen LogP contribution < -0.4 is 10.1 Å². The van der Waals surface area contributed by atoms with Crippen molar-refractivity contribution in [1.82, 2.24) is 0 Å². The van der Waals surface area contributed by atoms with Crippen molar-refractivity contribution in [3.8, 4) is 11.8 Å². The molecule has 0 aliphatic carbocycles. The molecule has 0 atom stereocenters. The molecule has 106 valence electrons. The summed E-state index contributed by atoms with van der Waals surface area (Å²) < 4.78 is 19.3. The van der Waals surface area contributed by atoms with Crippen LogP contribution >= 0.6 is 15.9 Å². The smallest absolute Gasteiger partial charge is 0.258 e. The standard InChI is InChI=1S/C15H10BrFN2O2/c16-10-1-6-13(14(17)9-10)15(20)19-11-2-4-12(5-3-11)21-8-7-18/h1-6,9H,8H2,(H,19,20). The van der Waals surface area contributed by atoms with Gasteiger partial charge in [0.25, 0.3) is 5.91 Å². The van der Waals surface area contributed by atoms with Gasteiger partial charge in [-0.05, 0) is 42.5 Å². The Morgan fingerprint density at radius 2 is 2.00 bits per heavy atom. The predicted molar refractivity (Wildman–Crippen MR) is 79.6 cm³/mol. The zero-order valence-electron chi connectivity index (χ0n) is 10.8. The molecule has 1 N–H and O–H groups in total. The zero-order valence-corrected chi connectivity index (χ0v) is 12.4. The van der Waals surface area contributed by atoms with E-state index in [1.165, 1.54) is 12.1 Å². The molecule has 0 unspecified atom stereocenters. The largest absolute Gasteiger partial charge is 0.479 e. The van der Waals surface area contributed by atoms with Crippen LogP contribution in [0.4, 0.5) is 10.1 Å². The fourth-order valence-corrected chi connectivity index (χ4v) is 1.96. The van der Waals surface area contributed by atoms with Crippen molar-refractivity contribution in [3.63, 3.8) is 0 Å². The first-order chi connectivity index (χ1) is 10.1. The van der Waals surface area contributed by atoms with Crippen molar-refractivity contribution in [2.75, 3.05) is 11.9 Å². The average Bonchev–Trinajstić information content (AvgIpc) is 2.46. The first-order valence-electron chi connectivity index (χ1n) is 5.96. The lowest BCUT2D eigenvalue weighted by Crippen LogP contribution is -2.13. The number of benzene rings is 2. The fraction of sp³-hybridized carbons (Fsp3) is 0.0667. The molecule has 0 spiro atoms. The molecule has 0 aliphatic heterocycles. The van der Waals surface area contributed by atoms with Crippen LogP contribution in [0.1, 0.15) is 10.4 Å². The maximum atomic E-state index is 13.7. The Hall–Kier alpha value is -2.39. The molecule has 0 saturated carbocycles. The third-order valence-corrected chi connectivity index (χ3v) is 3.08. The predicted octanol–water partition coefficient (Wildman–Crippen LogP) is 3.74. The molecule has 21 heavy (non-hydrogen) atoms. The van der Waals surface area contributed by atoms with Gasteiger partial charge in [-0.1, -0.05) is 15.9 Å². The summed E-state index contributed by atoms with van der Waals surface area (Å²) >= 11 is 3.13. The maximum absolute atomic E-state index is 13.7. The minimum atomic E-state index is -0.601. The number of anilines is 1. The molecule has 2 aromatic rings. The number of rotatable bonds is 4. The van der Waals surface area contributed by atoms with Crippen LogP contribution in [0.2, 0.25) is 0 Å². The molecule has 1 amide bonds. The lowest BCUT2D eigenvalue weighted by atomic mass is 10.2. The van der Waals surface area contributed by atoms with E-state index in [4.69, 9.17) is 10.00 Å². The molecule has 6 heteroatoms. The third kappa shape index (κ3) is 4.04. The summed E-state index contributed by atoms with van der Waals surface area (Å²) in [4.78, 5) is 12.0. The van der Waals surface area contributed by atoms with E-state index < -0.39 is 11.7 Å². The van der Waals surface area contributed by atoms with Crippen molar-refractivity contribution in [2.24, 2.45) is 0 Å². The van der Waals surface area contributed by atoms with Crippen LogP contribution in [0, 0.1) is 17.1 Å². The highest BCUT2D eigenvalue weighted by Gasteiger charge is 2.12. The van der Waals surface area contributed by atoms with E-state index in [0.717, 1.165) is 0 Å². The van der Waals surface area contributed by atoms with Crippen LogP contribution in [0.25, 0.3) is 0 Å². The second-order valence-electron chi connectivity index (χ2n) is 4.05. The number of nitrogens with one attached hydrogen (secondary N) is 1. The van der Waals surface area contributed by atoms with E-state index in [9.17, 15) is 9.18 Å². The van der Waals surface area contributed by atoms with Gasteiger partial charge in [0.1, 0.15) is 17.6 Å². The number of ether oxygens (including phenoxy) is 1. The van der Waals surface area contributed by atoms with Gasteiger partial charge in [0.05, 0.1) is 5.56 Å². The summed E-state index contributed by atoms with van der Waals surface area (Å²) in [5.74, 6) is -0.620. The van der Waals surface area contributed by atoms with Gasteiger partial charge in [0.15, 0.2) is 6.61 Å². The van der Waals surface area contributed by atoms with Crippen LogP contribution in [0.3, 0.4) is 0 Å². The van der Waals surface area contributed by atoms with Gasteiger partial charge in [-0.3, -0.25) is 4.79 Å². The fourth-order valence-electron chi connectivity index (χ4n) is 1.62. The monoisotopic (exact) mass is 348 g/mol. The molecular formula is C15H10BrFN2O2. The number of carbonyl (C=O) groups is 1. The van der Waals surface area contributed by atoms with E-state index in [2.05, 4.69) is 21.2 Å². The summed E-state index contributed by atoms with van der Waals surface area (Å²) in [6.07, 6.45) is 0. The first-order valence-corrected chi connectivity index (χ1v) is 6.75. The SMILES string of the molecule is N#CCOc1ccc(NC(=O)c2ccc(Br)cc2F)cc1. The lowest BCUT2D eigenvalue weighted by molar-refractivity contribution is 0.102. The molecule has 4 nitrogen and oxygen atoms in total. The Morgan fingerprint density at radius 3 is 2.62 bits per heavy atom. The highest BCUT2D eigenvalue weighted by Crippen LogP contribution is 2.19. The van der Waals surface area contributed by atoms with Crippen molar-refractivity contribution in [2.45, 2.75) is 0 Å². The zero-order chi connectivity index (χ0) is 15.2. The Balaban J connectivity index is 2.07. The Morgan fingerprint density at radius 1 is 1.29 bits per heavy atom. The van der Waals surface area contributed by atoms with Gasteiger partial charge in [-0.2, -0.15) is 5.26 Å². The number of nitriles is 1. The summed E-state index contributed by atoms with van der Waals surface area (Å²) in [5.41, 5.74) is 0.467. The molecule has 0 heterocycles. The maximum Gasteiger partial charge on any atom is 0.258 e. The second kappa shape index (κ2) is 6.86. The highest BCUT2D eigenvalue weighted by molar-refractivity contribution is 9.10. The Kier molecular flexibility index (Phi) is 4.90. The quantitative estimate of drug-likeness (QED) is 0.915. The van der Waals surface area contributed by atoms with Gasteiger partial charge in [0.2, 0.25) is 0 Å². The summed E-state index contributed by atoms with van der Waals surface area (Å²) in [6.45, 7) is -0.0458. The van der Waals surface area contributed by atoms with Gasteiger partial charge in [-0.15, -0.1) is 0 Å². The van der Waals surface area contributed by atoms with Crippen LogP contribution in [0.15, 0.2) is 46.9 Å². The molecule has 2 aromatic carbocycles. The molecule has 2 rings (SSSR count). The minimum absolute atomic E-state index is 0.0389. The topological polar surface area (TPSA) is 62.1 Å². The number of hydrogen-bond acceptors (Lipinski definition) is 3. The summed E-state index contributed by atoms with van der Waals surface area (Å²) in [5, 5.41) is 11.0. The van der Waals surface area contributed by atoms with Crippen molar-refractivity contribution in [1.29, 1.82) is 5.26 Å². The number of carbonyl (C=O) groups excluding carboxylic acids is 1. The van der Waals surface area contributed by atoms with Crippen LogP contribution in [0.5, 0.6) is 5.75 Å². The van der Waals surface area contributed by atoms with Crippen molar-refractivity contribution < 1.29 is 13.9 Å². The minimum Gasteiger partial charge on any atom is -0.479 e. The summed E-state index contributed by atoms with van der Waals surface area (Å²) in [6, 6.07) is 12.5. The molecule has 0 saturated heterocycles. The normalized spacial score (nSPS) is 9.76. The Labute approximate surface area is 129 Å². The molecular weight excluding hydrogens is 339 g/mol. The van der Waals surface area contributed by atoms with E-state index in [-0.39, 0.29) is 12.2 Å². The van der Waals surface area contributed by atoms with Crippen molar-refractivity contribution in [3.05, 3.63) is 58.3 Å². The number of amides is 1. The third-order valence-electron chi connectivity index (χ3n) is 2.59. The van der Waals surface area contributed by atoms with Gasteiger partial charge in [-0.25, -0.2) is 4.39 Å². The molecule has 0 fully saturated rings. The first kappa shape index (κ1) is 15.0. The average molecular weight is 349 g/mol. The number of nitrogens with zero attached hydrogens (tertiary/aromatic N) is 1. The van der Waals surface area contributed by atoms with E-state index in [0.29, 0.717) is 15.9 Å². The number of hydrogen-bond donors (Lipinski definition) is 1. The van der Waals surface area contributed by atoms with Crippen LogP contribution in [-0.2, 0) is 0 Å². The summed E-state index contributed by atoms with van der Waals surface area (Å²) in [7, 11) is 0. The van der Waals surface area contributed by atoms with Gasteiger partial charge in [0, 0.05) is 10.2 Å². The highest BCUT2D eigenvalue weighted by atomic mass is 79.9. The molecule has 0 aliphatic rings. The van der Waals surface area contributed by atoms with Gasteiger partial charge < -0.3 is 10.1 Å². The lowest BCUT2D eigenvalue weighted by Gasteiger charge is -2.07. The van der Waals surface area contributed by atoms with E-state index in [1.54, 1.807) is 30.3 Å². The van der Waals surface area contributed by atoms with Crippen molar-refractivity contribution >= 4 is 27.5 Å².